The van der Waals surface area contributed by atoms with E-state index >= 15 is 0 Å². The van der Waals surface area contributed by atoms with Gasteiger partial charge in [0.1, 0.15) is 5.82 Å². The molecular weight excluding hydrogens is 269 g/mol. The average molecular weight is 289 g/mol. The van der Waals surface area contributed by atoms with Gasteiger partial charge in [-0.1, -0.05) is 12.8 Å². The Hall–Kier alpha value is -1.93. The van der Waals surface area contributed by atoms with E-state index in [2.05, 4.69) is 0 Å². The number of nitrogens with two attached hydrogens (primary N) is 1. The van der Waals surface area contributed by atoms with Gasteiger partial charge in [-0.15, -0.1) is 0 Å². The van der Waals surface area contributed by atoms with Crippen molar-refractivity contribution in [3.05, 3.63) is 35.1 Å². The Morgan fingerprint density at radius 3 is 2.76 bits per heavy atom. The van der Waals surface area contributed by atoms with E-state index in [1.807, 2.05) is 6.07 Å². The lowest BCUT2D eigenvalue weighted by molar-refractivity contribution is -0.131. The van der Waals surface area contributed by atoms with E-state index in [9.17, 15) is 9.18 Å². The second-order valence-electron chi connectivity index (χ2n) is 5.91. The summed E-state index contributed by atoms with van der Waals surface area (Å²) in [4.78, 5) is 13.7. The molecule has 1 amide bonds. The molecule has 2 rings (SSSR count). The van der Waals surface area contributed by atoms with Crippen molar-refractivity contribution in [2.24, 2.45) is 5.73 Å². The van der Waals surface area contributed by atoms with Gasteiger partial charge >= 0.3 is 0 Å². The molecule has 2 N–H and O–H groups in total. The third kappa shape index (κ3) is 3.79. The minimum absolute atomic E-state index is 0.0823. The molecule has 0 atom stereocenters. The van der Waals surface area contributed by atoms with E-state index in [1.54, 1.807) is 7.05 Å². The van der Waals surface area contributed by atoms with Crippen LogP contribution in [0.25, 0.3) is 0 Å². The minimum Gasteiger partial charge on any atom is -0.341 e. The van der Waals surface area contributed by atoms with Gasteiger partial charge in [-0.05, 0) is 31.0 Å². The second kappa shape index (κ2) is 6.23. The highest BCUT2D eigenvalue weighted by Gasteiger charge is 2.32. The van der Waals surface area contributed by atoms with Gasteiger partial charge in [0.25, 0.3) is 0 Å². The standard InChI is InChI=1S/C16H20FN3O/c1-20(15(21)9-16(19)6-2-3-7-16)11-13-8-12(10-18)4-5-14(13)17/h4-5,8H,2-3,6-7,9,11,19H2,1H3. The fraction of sp³-hybridized carbons (Fsp3) is 0.500. The molecule has 21 heavy (non-hydrogen) atoms. The van der Waals surface area contributed by atoms with Gasteiger partial charge in [-0.2, -0.15) is 5.26 Å². The third-order valence-electron chi connectivity index (χ3n) is 4.11. The summed E-state index contributed by atoms with van der Waals surface area (Å²) in [5.41, 5.74) is 6.53. The maximum atomic E-state index is 13.7. The Balaban J connectivity index is 2.02. The van der Waals surface area contributed by atoms with E-state index < -0.39 is 11.4 Å². The summed E-state index contributed by atoms with van der Waals surface area (Å²) in [7, 11) is 1.64. The molecule has 5 heteroatoms. The molecule has 112 valence electrons. The number of hydrogen-bond donors (Lipinski definition) is 1. The fourth-order valence-corrected chi connectivity index (χ4v) is 2.80. The smallest absolute Gasteiger partial charge is 0.224 e. The van der Waals surface area contributed by atoms with Crippen LogP contribution in [-0.4, -0.2) is 23.4 Å². The molecule has 0 unspecified atom stereocenters. The van der Waals surface area contributed by atoms with Gasteiger partial charge < -0.3 is 10.6 Å². The highest BCUT2D eigenvalue weighted by molar-refractivity contribution is 5.77. The summed E-state index contributed by atoms with van der Waals surface area (Å²) >= 11 is 0. The first-order chi connectivity index (χ1) is 9.93. The fourth-order valence-electron chi connectivity index (χ4n) is 2.80. The normalized spacial score (nSPS) is 16.5. The highest BCUT2D eigenvalue weighted by atomic mass is 19.1. The van der Waals surface area contributed by atoms with Gasteiger partial charge in [0.15, 0.2) is 0 Å². The van der Waals surface area contributed by atoms with Crippen molar-refractivity contribution in [3.63, 3.8) is 0 Å². The molecule has 1 fully saturated rings. The van der Waals surface area contributed by atoms with Crippen molar-refractivity contribution in [1.82, 2.24) is 4.90 Å². The molecule has 0 radical (unpaired) electrons. The molecule has 1 saturated carbocycles. The lowest BCUT2D eigenvalue weighted by Gasteiger charge is -2.26. The summed E-state index contributed by atoms with van der Waals surface area (Å²) in [6, 6.07) is 6.13. The molecule has 1 aromatic carbocycles. The molecule has 0 heterocycles. The van der Waals surface area contributed by atoms with E-state index in [4.69, 9.17) is 11.0 Å². The molecule has 4 nitrogen and oxygen atoms in total. The average Bonchev–Trinajstić information content (AvgIpc) is 2.87. The number of halogens is 1. The first-order valence-corrected chi connectivity index (χ1v) is 7.15. The number of nitrogens with zero attached hydrogens (tertiary/aromatic N) is 2. The zero-order chi connectivity index (χ0) is 15.5. The molecule has 0 saturated heterocycles. The molecule has 1 aromatic rings. The van der Waals surface area contributed by atoms with Crippen molar-refractivity contribution in [2.75, 3.05) is 7.05 Å². The number of rotatable bonds is 4. The molecule has 1 aliphatic carbocycles. The predicted octanol–water partition coefficient (Wildman–Crippen LogP) is 2.32. The number of benzene rings is 1. The maximum absolute atomic E-state index is 13.7. The SMILES string of the molecule is CN(Cc1cc(C#N)ccc1F)C(=O)CC1(N)CCCC1. The van der Waals surface area contributed by atoms with Gasteiger partial charge in [-0.25, -0.2) is 4.39 Å². The van der Waals surface area contributed by atoms with Crippen LogP contribution >= 0.6 is 0 Å². The summed E-state index contributed by atoms with van der Waals surface area (Å²) in [6.45, 7) is 0.149. The lowest BCUT2D eigenvalue weighted by Crippen LogP contribution is -2.42. The van der Waals surface area contributed by atoms with Crippen LogP contribution in [0.1, 0.15) is 43.2 Å². The van der Waals surface area contributed by atoms with Crippen molar-refractivity contribution in [3.8, 4) is 6.07 Å². The van der Waals surface area contributed by atoms with Gasteiger partial charge in [0.05, 0.1) is 11.6 Å². The van der Waals surface area contributed by atoms with Crippen LogP contribution in [0.2, 0.25) is 0 Å². The Morgan fingerprint density at radius 1 is 1.48 bits per heavy atom. The van der Waals surface area contributed by atoms with E-state index in [1.165, 1.54) is 23.1 Å². The van der Waals surface area contributed by atoms with Crippen LogP contribution in [0.3, 0.4) is 0 Å². The van der Waals surface area contributed by atoms with E-state index in [0.29, 0.717) is 17.5 Å². The van der Waals surface area contributed by atoms with Crippen molar-refractivity contribution in [1.29, 1.82) is 5.26 Å². The second-order valence-corrected chi connectivity index (χ2v) is 5.91. The Labute approximate surface area is 124 Å². The van der Waals surface area contributed by atoms with Crippen LogP contribution in [0.4, 0.5) is 4.39 Å². The van der Waals surface area contributed by atoms with Crippen molar-refractivity contribution in [2.45, 2.75) is 44.2 Å². The number of nitriles is 1. The van der Waals surface area contributed by atoms with Crippen molar-refractivity contribution >= 4 is 5.91 Å². The van der Waals surface area contributed by atoms with Crippen LogP contribution in [-0.2, 0) is 11.3 Å². The Kier molecular flexibility index (Phi) is 4.59. The van der Waals surface area contributed by atoms with Crippen LogP contribution < -0.4 is 5.73 Å². The largest absolute Gasteiger partial charge is 0.341 e. The summed E-state index contributed by atoms with van der Waals surface area (Å²) in [6.07, 6.45) is 4.15. The monoisotopic (exact) mass is 289 g/mol. The van der Waals surface area contributed by atoms with Gasteiger partial charge in [0.2, 0.25) is 5.91 Å². The minimum atomic E-state index is -0.406. The zero-order valence-corrected chi connectivity index (χ0v) is 12.2. The molecular formula is C16H20FN3O. The molecule has 0 aliphatic heterocycles. The van der Waals surface area contributed by atoms with E-state index in [-0.39, 0.29) is 12.5 Å². The predicted molar refractivity (Wildman–Crippen MR) is 77.6 cm³/mol. The van der Waals surface area contributed by atoms with Gasteiger partial charge in [0, 0.05) is 31.1 Å². The first kappa shape index (κ1) is 15.5. The quantitative estimate of drug-likeness (QED) is 0.924. The van der Waals surface area contributed by atoms with Crippen LogP contribution in [0.15, 0.2) is 18.2 Å². The van der Waals surface area contributed by atoms with Crippen LogP contribution in [0.5, 0.6) is 0 Å². The molecule has 1 aliphatic rings. The molecule has 0 bridgehead atoms. The Morgan fingerprint density at radius 2 is 2.14 bits per heavy atom. The third-order valence-corrected chi connectivity index (χ3v) is 4.11. The number of carbonyl (C=O) groups is 1. The first-order valence-electron chi connectivity index (χ1n) is 7.15. The summed E-state index contributed by atoms with van der Waals surface area (Å²) < 4.78 is 13.7. The topological polar surface area (TPSA) is 70.1 Å². The lowest BCUT2D eigenvalue weighted by atomic mass is 9.94. The summed E-state index contributed by atoms with van der Waals surface area (Å²) in [5.74, 6) is -0.488. The zero-order valence-electron chi connectivity index (χ0n) is 12.2. The number of amides is 1. The molecule has 0 spiro atoms. The summed E-state index contributed by atoms with van der Waals surface area (Å²) in [5, 5.41) is 8.85. The molecule has 0 aromatic heterocycles. The number of hydrogen-bond acceptors (Lipinski definition) is 3. The van der Waals surface area contributed by atoms with Crippen LogP contribution in [0, 0.1) is 17.1 Å². The Bertz CT molecular complexity index is 573. The maximum Gasteiger partial charge on any atom is 0.224 e. The van der Waals surface area contributed by atoms with Crippen molar-refractivity contribution < 1.29 is 9.18 Å². The van der Waals surface area contributed by atoms with E-state index in [0.717, 1.165) is 25.7 Å². The highest BCUT2D eigenvalue weighted by Crippen LogP contribution is 2.30. The van der Waals surface area contributed by atoms with Gasteiger partial charge in [-0.3, -0.25) is 4.79 Å². The number of carbonyl (C=O) groups excluding carboxylic acids is 1.